The number of rotatable bonds is 3. The van der Waals surface area contributed by atoms with Crippen molar-refractivity contribution >= 4 is 17.0 Å². The number of esters is 1. The van der Waals surface area contributed by atoms with Crippen LogP contribution in [0.2, 0.25) is 0 Å². The molecule has 0 bridgehead atoms. The highest BCUT2D eigenvalue weighted by Gasteiger charge is 2.36. The summed E-state index contributed by atoms with van der Waals surface area (Å²) in [5, 5.41) is -0.926. The van der Waals surface area contributed by atoms with Crippen LogP contribution in [0.5, 0.6) is 0 Å². The van der Waals surface area contributed by atoms with Gasteiger partial charge in [-0.15, -0.1) is 0 Å². The van der Waals surface area contributed by atoms with Crippen LogP contribution in [0, 0.1) is 5.92 Å². The maximum Gasteiger partial charge on any atom is 0.320 e. The molecule has 70 valence electrons. The van der Waals surface area contributed by atoms with Crippen LogP contribution in [0.25, 0.3) is 0 Å². The Kier molecular flexibility index (Phi) is 3.22. The molecule has 0 saturated carbocycles. The van der Waals surface area contributed by atoms with Gasteiger partial charge in [-0.05, 0) is 17.5 Å². The Labute approximate surface area is 73.6 Å². The summed E-state index contributed by atoms with van der Waals surface area (Å²) in [6.45, 7) is 2.21. The highest BCUT2D eigenvalue weighted by Crippen LogP contribution is 2.23. The Bertz CT molecular complexity index is 204. The third-order valence-electron chi connectivity index (χ3n) is 1.97. The predicted molar refractivity (Wildman–Crippen MR) is 42.1 cm³/mol. The average Bonchev–Trinajstić information content (AvgIpc) is 2.32. The molecule has 4 nitrogen and oxygen atoms in total. The monoisotopic (exact) mass is 191 g/mol. The van der Waals surface area contributed by atoms with E-state index in [1.165, 1.54) is 0 Å². The second-order valence-electron chi connectivity index (χ2n) is 2.86. The van der Waals surface area contributed by atoms with Crippen LogP contribution in [-0.2, 0) is 20.6 Å². The van der Waals surface area contributed by atoms with Crippen molar-refractivity contribution in [2.24, 2.45) is 5.92 Å². The standard InChI is InChI=1S/C7H12O4S/c1-2-3-5-4-11-7(8)6(5)12(9)10/h5-6H,2-4H2,1H3,(H,9,10)/p-1/t5-,6?/m0/s1. The summed E-state index contributed by atoms with van der Waals surface area (Å²) in [4.78, 5) is 10.9. The zero-order chi connectivity index (χ0) is 9.14. The van der Waals surface area contributed by atoms with E-state index in [1.54, 1.807) is 0 Å². The van der Waals surface area contributed by atoms with Crippen molar-refractivity contribution < 1.29 is 18.3 Å². The first-order valence-corrected chi connectivity index (χ1v) is 5.05. The lowest BCUT2D eigenvalue weighted by molar-refractivity contribution is -0.137. The fourth-order valence-electron chi connectivity index (χ4n) is 1.39. The van der Waals surface area contributed by atoms with Gasteiger partial charge in [-0.1, -0.05) is 13.3 Å². The number of ether oxygens (including phenoxy) is 1. The van der Waals surface area contributed by atoms with E-state index < -0.39 is 22.3 Å². The third kappa shape index (κ3) is 1.84. The van der Waals surface area contributed by atoms with Gasteiger partial charge in [-0.2, -0.15) is 0 Å². The molecule has 0 aromatic carbocycles. The lowest BCUT2D eigenvalue weighted by Crippen LogP contribution is -2.27. The molecule has 2 unspecified atom stereocenters. The third-order valence-corrected chi connectivity index (χ3v) is 2.96. The zero-order valence-corrected chi connectivity index (χ0v) is 7.63. The molecule has 1 fully saturated rings. The van der Waals surface area contributed by atoms with Gasteiger partial charge in [0.2, 0.25) is 0 Å². The largest absolute Gasteiger partial charge is 0.772 e. The number of carbonyl (C=O) groups is 1. The normalized spacial score (nSPS) is 31.7. The van der Waals surface area contributed by atoms with Crippen LogP contribution < -0.4 is 0 Å². The Morgan fingerprint density at radius 3 is 2.92 bits per heavy atom. The molecular formula is C7H11O4S-. The van der Waals surface area contributed by atoms with Gasteiger partial charge in [0, 0.05) is 5.92 Å². The molecule has 0 aliphatic carbocycles. The van der Waals surface area contributed by atoms with E-state index in [0.717, 1.165) is 12.8 Å². The maximum atomic E-state index is 10.9. The fraction of sp³-hybridized carbons (Fsp3) is 0.857. The Balaban J connectivity index is 2.63. The summed E-state index contributed by atoms with van der Waals surface area (Å²) in [6, 6.07) is 0. The van der Waals surface area contributed by atoms with Crippen LogP contribution in [-0.4, -0.2) is 26.6 Å². The van der Waals surface area contributed by atoms with E-state index in [-0.39, 0.29) is 12.5 Å². The van der Waals surface area contributed by atoms with Gasteiger partial charge >= 0.3 is 5.97 Å². The second-order valence-corrected chi connectivity index (χ2v) is 3.89. The van der Waals surface area contributed by atoms with Crippen molar-refractivity contribution in [2.45, 2.75) is 25.0 Å². The average molecular weight is 191 g/mol. The lowest BCUT2D eigenvalue weighted by atomic mass is 10.0. The Morgan fingerprint density at radius 1 is 1.75 bits per heavy atom. The smallest absolute Gasteiger partial charge is 0.320 e. The molecule has 1 aliphatic rings. The molecule has 1 rings (SSSR count). The number of hydrogen-bond acceptors (Lipinski definition) is 4. The molecule has 5 heteroatoms. The van der Waals surface area contributed by atoms with Crippen LogP contribution in [0.3, 0.4) is 0 Å². The minimum Gasteiger partial charge on any atom is -0.772 e. The zero-order valence-electron chi connectivity index (χ0n) is 6.82. The van der Waals surface area contributed by atoms with Crippen LogP contribution in [0.15, 0.2) is 0 Å². The first-order chi connectivity index (χ1) is 5.66. The van der Waals surface area contributed by atoms with Crippen molar-refractivity contribution in [1.29, 1.82) is 0 Å². The summed E-state index contributed by atoms with van der Waals surface area (Å²) < 4.78 is 25.9. The topological polar surface area (TPSA) is 66.4 Å². The van der Waals surface area contributed by atoms with E-state index in [1.807, 2.05) is 6.92 Å². The van der Waals surface area contributed by atoms with Crippen LogP contribution in [0.4, 0.5) is 0 Å². The van der Waals surface area contributed by atoms with Gasteiger partial charge in [0.25, 0.3) is 0 Å². The highest BCUT2D eigenvalue weighted by molar-refractivity contribution is 7.80. The molecule has 0 aromatic rings. The fourth-order valence-corrected chi connectivity index (χ4v) is 2.15. The van der Waals surface area contributed by atoms with Crippen LogP contribution in [0.1, 0.15) is 19.8 Å². The molecule has 0 aromatic heterocycles. The Hall–Kier alpha value is -0.420. The van der Waals surface area contributed by atoms with Crippen molar-refractivity contribution in [3.63, 3.8) is 0 Å². The van der Waals surface area contributed by atoms with E-state index in [0.29, 0.717) is 0 Å². The predicted octanol–water partition coefficient (Wildman–Crippen LogP) is 0.207. The van der Waals surface area contributed by atoms with E-state index >= 15 is 0 Å². The molecule has 12 heavy (non-hydrogen) atoms. The minimum absolute atomic E-state index is 0.138. The molecule has 3 atom stereocenters. The summed E-state index contributed by atoms with van der Waals surface area (Å²) in [5.41, 5.74) is 0. The summed E-state index contributed by atoms with van der Waals surface area (Å²) in [7, 11) is 0. The Morgan fingerprint density at radius 2 is 2.42 bits per heavy atom. The number of carbonyl (C=O) groups excluding carboxylic acids is 1. The minimum atomic E-state index is -2.33. The van der Waals surface area contributed by atoms with Gasteiger partial charge in [0.15, 0.2) is 0 Å². The van der Waals surface area contributed by atoms with Crippen molar-refractivity contribution in [2.75, 3.05) is 6.61 Å². The van der Waals surface area contributed by atoms with Crippen molar-refractivity contribution in [3.8, 4) is 0 Å². The van der Waals surface area contributed by atoms with Crippen molar-refractivity contribution in [3.05, 3.63) is 0 Å². The molecular weight excluding hydrogens is 180 g/mol. The van der Waals surface area contributed by atoms with E-state index in [9.17, 15) is 13.6 Å². The van der Waals surface area contributed by atoms with Gasteiger partial charge < -0.3 is 9.29 Å². The van der Waals surface area contributed by atoms with E-state index in [4.69, 9.17) is 0 Å². The first kappa shape index (κ1) is 9.67. The van der Waals surface area contributed by atoms with E-state index in [2.05, 4.69) is 4.74 Å². The summed E-state index contributed by atoms with van der Waals surface area (Å²) in [6.07, 6.45) is 1.60. The summed E-state index contributed by atoms with van der Waals surface area (Å²) in [5.74, 6) is -0.734. The molecule has 0 N–H and O–H groups in total. The quantitative estimate of drug-likeness (QED) is 0.472. The number of cyclic esters (lactones) is 1. The SMILES string of the molecule is CCC[C@H]1COC(=O)C1S(=O)[O-]. The first-order valence-electron chi connectivity index (χ1n) is 3.91. The van der Waals surface area contributed by atoms with Crippen LogP contribution >= 0.6 is 0 Å². The number of hydrogen-bond donors (Lipinski definition) is 0. The summed E-state index contributed by atoms with van der Waals surface area (Å²) >= 11 is -2.33. The molecule has 1 aliphatic heterocycles. The van der Waals surface area contributed by atoms with Gasteiger partial charge in [0.1, 0.15) is 5.25 Å². The molecule has 1 saturated heterocycles. The van der Waals surface area contributed by atoms with Crippen molar-refractivity contribution in [1.82, 2.24) is 0 Å². The molecule has 0 amide bonds. The highest BCUT2D eigenvalue weighted by atomic mass is 32.2. The van der Waals surface area contributed by atoms with Gasteiger partial charge in [-0.25, -0.2) is 0 Å². The lowest BCUT2D eigenvalue weighted by Gasteiger charge is -2.16. The molecule has 1 heterocycles. The molecule has 0 radical (unpaired) electrons. The molecule has 0 spiro atoms. The van der Waals surface area contributed by atoms with Gasteiger partial charge in [0.05, 0.1) is 6.61 Å². The second kappa shape index (κ2) is 4.00. The maximum absolute atomic E-state index is 10.9. The van der Waals surface area contributed by atoms with Gasteiger partial charge in [-0.3, -0.25) is 9.00 Å².